The van der Waals surface area contributed by atoms with Gasteiger partial charge < -0.3 is 10.7 Å². The van der Waals surface area contributed by atoms with Crippen LogP contribution in [0.1, 0.15) is 22.8 Å². The number of carbonyl (C=O) groups is 1. The molecular formula is C13H17N5O. The molecule has 1 aromatic carbocycles. The number of hydrogen-bond acceptors (Lipinski definition) is 4. The average Bonchev–Trinajstić information content (AvgIpc) is 2.86. The summed E-state index contributed by atoms with van der Waals surface area (Å²) in [6.45, 7) is 4.66. The van der Waals surface area contributed by atoms with Gasteiger partial charge >= 0.3 is 0 Å². The molecule has 0 fully saturated rings. The highest BCUT2D eigenvalue weighted by atomic mass is 16.1. The van der Waals surface area contributed by atoms with Crippen molar-refractivity contribution in [1.82, 2.24) is 9.78 Å². The number of nitrogens with zero attached hydrogens (tertiary/aromatic N) is 2. The highest BCUT2D eigenvalue weighted by Crippen LogP contribution is 2.17. The molecular weight excluding hydrogens is 242 g/mol. The Morgan fingerprint density at radius 3 is 2.84 bits per heavy atom. The van der Waals surface area contributed by atoms with Crippen LogP contribution in [-0.2, 0) is 6.54 Å². The van der Waals surface area contributed by atoms with Gasteiger partial charge in [-0.2, -0.15) is 5.10 Å². The van der Waals surface area contributed by atoms with Crippen LogP contribution in [0.4, 0.5) is 11.5 Å². The maximum atomic E-state index is 12.2. The number of aryl methyl sites for hydroxylation is 2. The normalized spacial score (nSPS) is 10.3. The summed E-state index contributed by atoms with van der Waals surface area (Å²) in [7, 11) is 0. The predicted molar refractivity (Wildman–Crippen MR) is 74.8 cm³/mol. The summed E-state index contributed by atoms with van der Waals surface area (Å²) < 4.78 is 1.74. The molecule has 4 N–H and O–H groups in total. The van der Waals surface area contributed by atoms with Crippen LogP contribution in [0.3, 0.4) is 0 Å². The van der Waals surface area contributed by atoms with Gasteiger partial charge in [0.2, 0.25) is 0 Å². The first-order valence-electron chi connectivity index (χ1n) is 6.06. The molecule has 100 valence electrons. The lowest BCUT2D eigenvalue weighted by Crippen LogP contribution is -2.17. The SMILES string of the molecule is CCn1ccc(NC(=O)c2cc(C)ccc2NN)n1. The van der Waals surface area contributed by atoms with E-state index in [1.54, 1.807) is 22.9 Å². The van der Waals surface area contributed by atoms with Crippen LogP contribution in [0.25, 0.3) is 0 Å². The van der Waals surface area contributed by atoms with Crippen LogP contribution >= 0.6 is 0 Å². The molecule has 1 aromatic heterocycles. The third kappa shape index (κ3) is 2.92. The van der Waals surface area contributed by atoms with Crippen molar-refractivity contribution >= 4 is 17.4 Å². The Balaban J connectivity index is 2.21. The fourth-order valence-corrected chi connectivity index (χ4v) is 1.76. The second-order valence-corrected chi connectivity index (χ2v) is 4.20. The van der Waals surface area contributed by atoms with Gasteiger partial charge in [0.05, 0.1) is 11.3 Å². The Kier molecular flexibility index (Phi) is 3.82. The Hall–Kier alpha value is -2.34. The van der Waals surface area contributed by atoms with E-state index < -0.39 is 0 Å². The lowest BCUT2D eigenvalue weighted by molar-refractivity contribution is 0.102. The number of anilines is 2. The standard InChI is InChI=1S/C13H17N5O/c1-3-18-7-6-12(17-18)15-13(19)10-8-9(2)4-5-11(10)16-14/h4-8,16H,3,14H2,1-2H3,(H,15,17,19). The number of hydrazine groups is 1. The van der Waals surface area contributed by atoms with Gasteiger partial charge in [-0.25, -0.2) is 0 Å². The van der Waals surface area contributed by atoms with E-state index in [0.29, 0.717) is 17.1 Å². The Bertz CT molecular complexity index is 590. The number of aromatic nitrogens is 2. The maximum Gasteiger partial charge on any atom is 0.259 e. The molecule has 0 bridgehead atoms. The first-order chi connectivity index (χ1) is 9.13. The molecule has 6 heteroatoms. The molecule has 0 aliphatic heterocycles. The van der Waals surface area contributed by atoms with Crippen LogP contribution in [0.2, 0.25) is 0 Å². The van der Waals surface area contributed by atoms with Gasteiger partial charge in [0, 0.05) is 18.8 Å². The fourth-order valence-electron chi connectivity index (χ4n) is 1.76. The highest BCUT2D eigenvalue weighted by molar-refractivity contribution is 6.07. The van der Waals surface area contributed by atoms with Crippen molar-refractivity contribution in [2.75, 3.05) is 10.7 Å². The lowest BCUT2D eigenvalue weighted by atomic mass is 10.1. The van der Waals surface area contributed by atoms with Crippen molar-refractivity contribution in [3.63, 3.8) is 0 Å². The Morgan fingerprint density at radius 2 is 2.21 bits per heavy atom. The monoisotopic (exact) mass is 259 g/mol. The number of nitrogens with one attached hydrogen (secondary N) is 2. The third-order valence-corrected chi connectivity index (χ3v) is 2.78. The van der Waals surface area contributed by atoms with Crippen LogP contribution in [0.5, 0.6) is 0 Å². The average molecular weight is 259 g/mol. The van der Waals surface area contributed by atoms with Gasteiger partial charge in [-0.1, -0.05) is 11.6 Å². The Morgan fingerprint density at radius 1 is 1.42 bits per heavy atom. The molecule has 0 aliphatic carbocycles. The molecule has 0 spiro atoms. The molecule has 0 aliphatic rings. The van der Waals surface area contributed by atoms with Crippen molar-refractivity contribution < 1.29 is 4.79 Å². The number of amides is 1. The zero-order valence-corrected chi connectivity index (χ0v) is 11.0. The topological polar surface area (TPSA) is 85.0 Å². The van der Waals surface area contributed by atoms with Gasteiger partial charge in [0.1, 0.15) is 0 Å². The van der Waals surface area contributed by atoms with Crippen LogP contribution in [0, 0.1) is 6.92 Å². The molecule has 0 radical (unpaired) electrons. The predicted octanol–water partition coefficient (Wildman–Crippen LogP) is 1.75. The van der Waals surface area contributed by atoms with Gasteiger partial charge in [-0.3, -0.25) is 15.3 Å². The van der Waals surface area contributed by atoms with Gasteiger partial charge in [-0.15, -0.1) is 0 Å². The van der Waals surface area contributed by atoms with Crippen LogP contribution in [-0.4, -0.2) is 15.7 Å². The van der Waals surface area contributed by atoms with E-state index in [4.69, 9.17) is 5.84 Å². The lowest BCUT2D eigenvalue weighted by Gasteiger charge is -2.09. The minimum Gasteiger partial charge on any atom is -0.323 e. The molecule has 0 unspecified atom stereocenters. The number of rotatable bonds is 4. The summed E-state index contributed by atoms with van der Waals surface area (Å²) in [5, 5.41) is 6.95. The van der Waals surface area contributed by atoms with E-state index in [1.807, 2.05) is 26.1 Å². The van der Waals surface area contributed by atoms with Crippen molar-refractivity contribution in [3.05, 3.63) is 41.6 Å². The van der Waals surface area contributed by atoms with Gasteiger partial charge in [0.25, 0.3) is 5.91 Å². The second kappa shape index (κ2) is 5.53. The molecule has 1 heterocycles. The van der Waals surface area contributed by atoms with E-state index in [0.717, 1.165) is 12.1 Å². The number of carbonyl (C=O) groups excluding carboxylic acids is 1. The van der Waals surface area contributed by atoms with Crippen molar-refractivity contribution in [2.24, 2.45) is 5.84 Å². The molecule has 0 saturated carbocycles. The second-order valence-electron chi connectivity index (χ2n) is 4.20. The van der Waals surface area contributed by atoms with Crippen LogP contribution in [0.15, 0.2) is 30.5 Å². The van der Waals surface area contributed by atoms with Crippen molar-refractivity contribution in [2.45, 2.75) is 20.4 Å². The molecule has 1 amide bonds. The molecule has 2 rings (SSSR count). The Labute approximate surface area is 111 Å². The van der Waals surface area contributed by atoms with E-state index >= 15 is 0 Å². The van der Waals surface area contributed by atoms with Crippen molar-refractivity contribution in [3.8, 4) is 0 Å². The fraction of sp³-hybridized carbons (Fsp3) is 0.231. The minimum absolute atomic E-state index is 0.238. The van der Waals surface area contributed by atoms with Gasteiger partial charge in [0.15, 0.2) is 5.82 Å². The molecule has 2 aromatic rings. The van der Waals surface area contributed by atoms with Crippen molar-refractivity contribution in [1.29, 1.82) is 0 Å². The summed E-state index contributed by atoms with van der Waals surface area (Å²) in [4.78, 5) is 12.2. The van der Waals surface area contributed by atoms with Crippen LogP contribution < -0.4 is 16.6 Å². The number of nitrogens with two attached hydrogens (primary N) is 1. The summed E-state index contributed by atoms with van der Waals surface area (Å²) in [6, 6.07) is 7.20. The van der Waals surface area contributed by atoms with E-state index in [9.17, 15) is 4.79 Å². The zero-order chi connectivity index (χ0) is 13.8. The molecule has 19 heavy (non-hydrogen) atoms. The quantitative estimate of drug-likeness (QED) is 0.577. The number of benzene rings is 1. The largest absolute Gasteiger partial charge is 0.323 e. The third-order valence-electron chi connectivity index (χ3n) is 2.78. The minimum atomic E-state index is -0.238. The highest BCUT2D eigenvalue weighted by Gasteiger charge is 2.12. The first-order valence-corrected chi connectivity index (χ1v) is 6.06. The number of hydrogen-bond donors (Lipinski definition) is 3. The van der Waals surface area contributed by atoms with Gasteiger partial charge in [-0.05, 0) is 26.0 Å². The molecule has 0 saturated heterocycles. The van der Waals surface area contributed by atoms with E-state index in [1.165, 1.54) is 0 Å². The maximum absolute atomic E-state index is 12.2. The summed E-state index contributed by atoms with van der Waals surface area (Å²) >= 11 is 0. The molecule has 6 nitrogen and oxygen atoms in total. The zero-order valence-electron chi connectivity index (χ0n) is 11.0. The first kappa shape index (κ1) is 13.1. The molecule has 0 atom stereocenters. The number of nitrogen functional groups attached to an aromatic ring is 1. The smallest absolute Gasteiger partial charge is 0.259 e. The summed E-state index contributed by atoms with van der Waals surface area (Å²) in [6.07, 6.45) is 1.81. The van der Waals surface area contributed by atoms with E-state index in [2.05, 4.69) is 15.8 Å². The van der Waals surface area contributed by atoms with E-state index in [-0.39, 0.29) is 5.91 Å². The summed E-state index contributed by atoms with van der Waals surface area (Å²) in [5.74, 6) is 5.69. The summed E-state index contributed by atoms with van der Waals surface area (Å²) in [5.41, 5.74) is 4.58.